The van der Waals surface area contributed by atoms with E-state index in [-0.39, 0.29) is 18.6 Å². The molecule has 0 spiro atoms. The van der Waals surface area contributed by atoms with Crippen molar-refractivity contribution in [2.45, 2.75) is 38.8 Å². The van der Waals surface area contributed by atoms with Crippen molar-refractivity contribution >= 4 is 18.2 Å². The van der Waals surface area contributed by atoms with Gasteiger partial charge in [0.25, 0.3) is 0 Å². The number of hydrogen-bond donors (Lipinski definition) is 0. The van der Waals surface area contributed by atoms with Gasteiger partial charge in [0.15, 0.2) is 0 Å². The number of likely N-dealkylation sites (tertiary alicyclic amines) is 1. The van der Waals surface area contributed by atoms with Gasteiger partial charge in [-0.15, -0.1) is 0 Å². The zero-order valence-corrected chi connectivity index (χ0v) is 8.93. The van der Waals surface area contributed by atoms with Gasteiger partial charge in [-0.05, 0) is 20.3 Å². The molecule has 0 saturated carbocycles. The lowest BCUT2D eigenvalue weighted by Gasteiger charge is -2.21. The second-order valence-electron chi connectivity index (χ2n) is 3.75. The number of rotatable bonds is 4. The monoisotopic (exact) mass is 213 g/mol. The van der Waals surface area contributed by atoms with Crippen molar-refractivity contribution in [1.82, 2.24) is 4.90 Å². The highest BCUT2D eigenvalue weighted by molar-refractivity contribution is 5.89. The number of ether oxygens (including phenoxy) is 1. The third-order valence-corrected chi connectivity index (χ3v) is 2.22. The predicted molar refractivity (Wildman–Crippen MR) is 52.0 cm³/mol. The molecule has 84 valence electrons. The van der Waals surface area contributed by atoms with Gasteiger partial charge < -0.3 is 14.4 Å². The molecular weight excluding hydrogens is 198 g/mol. The van der Waals surface area contributed by atoms with Crippen LogP contribution in [0.5, 0.6) is 0 Å². The molecule has 1 fully saturated rings. The standard InChI is InChI=1S/C10H15NO4/c1-7(2)15-10(14)8-3-4-9(13)11(8)5-6-12/h6-8H,3-5H2,1-2H3. The Morgan fingerprint density at radius 2 is 2.33 bits per heavy atom. The molecule has 0 bridgehead atoms. The van der Waals surface area contributed by atoms with E-state index in [1.807, 2.05) is 0 Å². The molecule has 1 amide bonds. The van der Waals surface area contributed by atoms with E-state index in [1.54, 1.807) is 13.8 Å². The fourth-order valence-electron chi connectivity index (χ4n) is 1.60. The second kappa shape index (κ2) is 4.91. The van der Waals surface area contributed by atoms with Crippen LogP contribution in [0.15, 0.2) is 0 Å². The molecule has 1 aliphatic rings. The summed E-state index contributed by atoms with van der Waals surface area (Å²) in [5.41, 5.74) is 0. The third kappa shape index (κ3) is 2.78. The van der Waals surface area contributed by atoms with Crippen LogP contribution in [-0.2, 0) is 19.1 Å². The minimum Gasteiger partial charge on any atom is -0.461 e. The van der Waals surface area contributed by atoms with E-state index in [9.17, 15) is 14.4 Å². The summed E-state index contributed by atoms with van der Waals surface area (Å²) in [6.45, 7) is 3.47. The quantitative estimate of drug-likeness (QED) is 0.492. The summed E-state index contributed by atoms with van der Waals surface area (Å²) in [5, 5.41) is 0. The molecule has 0 N–H and O–H groups in total. The average molecular weight is 213 g/mol. The molecule has 1 aliphatic heterocycles. The zero-order valence-electron chi connectivity index (χ0n) is 8.93. The van der Waals surface area contributed by atoms with Gasteiger partial charge in [-0.25, -0.2) is 4.79 Å². The minimum absolute atomic E-state index is 0.0311. The fraction of sp³-hybridized carbons (Fsp3) is 0.700. The fourth-order valence-corrected chi connectivity index (χ4v) is 1.60. The highest BCUT2D eigenvalue weighted by Gasteiger charge is 2.36. The van der Waals surface area contributed by atoms with Crippen LogP contribution in [-0.4, -0.2) is 41.8 Å². The molecule has 1 unspecified atom stereocenters. The van der Waals surface area contributed by atoms with Crippen molar-refractivity contribution in [3.05, 3.63) is 0 Å². The summed E-state index contributed by atoms with van der Waals surface area (Å²) in [4.78, 5) is 34.5. The number of esters is 1. The lowest BCUT2D eigenvalue weighted by molar-refractivity contribution is -0.155. The maximum atomic E-state index is 11.6. The van der Waals surface area contributed by atoms with Gasteiger partial charge >= 0.3 is 5.97 Å². The third-order valence-electron chi connectivity index (χ3n) is 2.22. The van der Waals surface area contributed by atoms with E-state index in [0.29, 0.717) is 19.1 Å². The molecule has 1 atom stereocenters. The Labute approximate surface area is 88.4 Å². The van der Waals surface area contributed by atoms with Crippen LogP contribution in [0.3, 0.4) is 0 Å². The van der Waals surface area contributed by atoms with E-state index >= 15 is 0 Å². The number of aldehydes is 1. The SMILES string of the molecule is CC(C)OC(=O)C1CCC(=O)N1CC=O. The van der Waals surface area contributed by atoms with Crippen molar-refractivity contribution in [3.63, 3.8) is 0 Å². The number of carbonyl (C=O) groups excluding carboxylic acids is 3. The summed E-state index contributed by atoms with van der Waals surface area (Å²) in [6, 6.07) is -0.579. The van der Waals surface area contributed by atoms with E-state index in [2.05, 4.69) is 0 Å². The first-order valence-corrected chi connectivity index (χ1v) is 5.00. The highest BCUT2D eigenvalue weighted by atomic mass is 16.5. The Morgan fingerprint density at radius 1 is 1.67 bits per heavy atom. The summed E-state index contributed by atoms with van der Waals surface area (Å²) in [6.07, 6.45) is 1.18. The van der Waals surface area contributed by atoms with E-state index in [1.165, 1.54) is 4.90 Å². The van der Waals surface area contributed by atoms with Crippen molar-refractivity contribution in [1.29, 1.82) is 0 Å². The largest absolute Gasteiger partial charge is 0.461 e. The Morgan fingerprint density at radius 3 is 2.87 bits per heavy atom. The normalized spacial score (nSPS) is 20.9. The summed E-state index contributed by atoms with van der Waals surface area (Å²) < 4.78 is 5.01. The van der Waals surface area contributed by atoms with Gasteiger partial charge in [0.2, 0.25) is 5.91 Å². The van der Waals surface area contributed by atoms with Crippen LogP contribution >= 0.6 is 0 Å². The maximum absolute atomic E-state index is 11.6. The first-order valence-electron chi connectivity index (χ1n) is 5.00. The molecule has 5 nitrogen and oxygen atoms in total. The van der Waals surface area contributed by atoms with Crippen LogP contribution in [0.1, 0.15) is 26.7 Å². The average Bonchev–Trinajstić information content (AvgIpc) is 2.48. The first-order chi connectivity index (χ1) is 7.06. The molecule has 0 aromatic rings. The molecule has 0 aromatic heterocycles. The van der Waals surface area contributed by atoms with Crippen LogP contribution in [0.25, 0.3) is 0 Å². The smallest absolute Gasteiger partial charge is 0.329 e. The Hall–Kier alpha value is -1.39. The minimum atomic E-state index is -0.579. The Bertz CT molecular complexity index is 275. The Balaban J connectivity index is 2.63. The van der Waals surface area contributed by atoms with Crippen LogP contribution in [0.2, 0.25) is 0 Å². The molecule has 1 heterocycles. The van der Waals surface area contributed by atoms with Gasteiger partial charge in [-0.1, -0.05) is 0 Å². The van der Waals surface area contributed by atoms with Crippen molar-refractivity contribution in [2.75, 3.05) is 6.54 Å². The highest BCUT2D eigenvalue weighted by Crippen LogP contribution is 2.19. The second-order valence-corrected chi connectivity index (χ2v) is 3.75. The first kappa shape index (κ1) is 11.7. The van der Waals surface area contributed by atoms with E-state index in [4.69, 9.17) is 4.74 Å². The molecule has 1 saturated heterocycles. The van der Waals surface area contributed by atoms with Gasteiger partial charge in [0.1, 0.15) is 12.3 Å². The predicted octanol–water partition coefficient (Wildman–Crippen LogP) is 0.128. The number of nitrogens with zero attached hydrogens (tertiary/aromatic N) is 1. The number of hydrogen-bond acceptors (Lipinski definition) is 4. The van der Waals surface area contributed by atoms with E-state index < -0.39 is 12.0 Å². The molecular formula is C10H15NO4. The van der Waals surface area contributed by atoms with Gasteiger partial charge in [-0.3, -0.25) is 4.79 Å². The lowest BCUT2D eigenvalue weighted by atomic mass is 10.2. The van der Waals surface area contributed by atoms with Crippen LogP contribution < -0.4 is 0 Å². The van der Waals surface area contributed by atoms with Crippen LogP contribution in [0, 0.1) is 0 Å². The van der Waals surface area contributed by atoms with Gasteiger partial charge in [-0.2, -0.15) is 0 Å². The Kier molecular flexibility index (Phi) is 3.82. The molecule has 0 aliphatic carbocycles. The molecule has 5 heteroatoms. The zero-order chi connectivity index (χ0) is 11.4. The molecule has 0 aromatic carbocycles. The lowest BCUT2D eigenvalue weighted by Crippen LogP contribution is -2.41. The van der Waals surface area contributed by atoms with Gasteiger partial charge in [0.05, 0.1) is 12.6 Å². The van der Waals surface area contributed by atoms with Crippen molar-refractivity contribution < 1.29 is 19.1 Å². The summed E-state index contributed by atoms with van der Waals surface area (Å²) in [5.74, 6) is -0.578. The number of carbonyl (C=O) groups is 3. The molecule has 1 rings (SSSR count). The topological polar surface area (TPSA) is 63.7 Å². The summed E-state index contributed by atoms with van der Waals surface area (Å²) >= 11 is 0. The van der Waals surface area contributed by atoms with Crippen molar-refractivity contribution in [3.8, 4) is 0 Å². The molecule has 15 heavy (non-hydrogen) atoms. The van der Waals surface area contributed by atoms with Gasteiger partial charge in [0, 0.05) is 6.42 Å². The van der Waals surface area contributed by atoms with Crippen LogP contribution in [0.4, 0.5) is 0 Å². The van der Waals surface area contributed by atoms with Crippen molar-refractivity contribution in [2.24, 2.45) is 0 Å². The number of amides is 1. The summed E-state index contributed by atoms with van der Waals surface area (Å²) in [7, 11) is 0. The maximum Gasteiger partial charge on any atom is 0.329 e. The van der Waals surface area contributed by atoms with E-state index in [0.717, 1.165) is 0 Å². The molecule has 0 radical (unpaired) electrons.